The summed E-state index contributed by atoms with van der Waals surface area (Å²) in [5, 5.41) is 0. The molecule has 1 fully saturated rings. The summed E-state index contributed by atoms with van der Waals surface area (Å²) in [6, 6.07) is 0. The van der Waals surface area contributed by atoms with Gasteiger partial charge in [0.15, 0.2) is 0 Å². The molecule has 0 aromatic rings. The van der Waals surface area contributed by atoms with Crippen molar-refractivity contribution in [3.05, 3.63) is 0 Å². The summed E-state index contributed by atoms with van der Waals surface area (Å²) >= 11 is 0. The molecular formula is C11H23NO2S. The monoisotopic (exact) mass is 233 g/mol. The highest BCUT2D eigenvalue weighted by Crippen LogP contribution is 2.40. The van der Waals surface area contributed by atoms with Crippen molar-refractivity contribution in [1.82, 2.24) is 4.31 Å². The molecule has 0 N–H and O–H groups in total. The van der Waals surface area contributed by atoms with Gasteiger partial charge in [-0.2, -0.15) is 0 Å². The highest BCUT2D eigenvalue weighted by Gasteiger charge is 2.39. The van der Waals surface area contributed by atoms with Gasteiger partial charge in [0, 0.05) is 13.1 Å². The number of rotatable bonds is 3. The zero-order valence-electron chi connectivity index (χ0n) is 10.4. The second kappa shape index (κ2) is 4.06. The van der Waals surface area contributed by atoms with Gasteiger partial charge in [-0.05, 0) is 23.7 Å². The first-order chi connectivity index (χ1) is 6.65. The van der Waals surface area contributed by atoms with Gasteiger partial charge >= 0.3 is 0 Å². The molecule has 90 valence electrons. The minimum Gasteiger partial charge on any atom is -0.213 e. The quantitative estimate of drug-likeness (QED) is 0.747. The molecule has 1 rings (SSSR count). The minimum absolute atomic E-state index is 0.222. The molecule has 1 aliphatic rings. The molecule has 1 unspecified atom stereocenters. The van der Waals surface area contributed by atoms with Gasteiger partial charge in [-0.25, -0.2) is 12.7 Å². The topological polar surface area (TPSA) is 37.4 Å². The molecule has 1 heterocycles. The summed E-state index contributed by atoms with van der Waals surface area (Å²) < 4.78 is 24.4. The Bertz CT molecular complexity index is 319. The Morgan fingerprint density at radius 2 is 1.87 bits per heavy atom. The van der Waals surface area contributed by atoms with Gasteiger partial charge in [-0.3, -0.25) is 0 Å². The van der Waals surface area contributed by atoms with Crippen LogP contribution in [0, 0.1) is 17.3 Å². The normalized spacial score (nSPS) is 25.1. The molecule has 4 heteroatoms. The summed E-state index contributed by atoms with van der Waals surface area (Å²) in [7, 11) is -2.99. The lowest BCUT2D eigenvalue weighted by Gasteiger charge is -2.35. The van der Waals surface area contributed by atoms with E-state index in [1.807, 2.05) is 0 Å². The minimum atomic E-state index is -2.99. The average molecular weight is 233 g/mol. The smallest absolute Gasteiger partial charge is 0.211 e. The molecule has 0 saturated carbocycles. The lowest BCUT2D eigenvalue weighted by atomic mass is 9.70. The lowest BCUT2D eigenvalue weighted by Crippen LogP contribution is -2.34. The van der Waals surface area contributed by atoms with E-state index in [0.717, 1.165) is 6.42 Å². The molecular weight excluding hydrogens is 210 g/mol. The third kappa shape index (κ3) is 2.72. The van der Waals surface area contributed by atoms with Crippen molar-refractivity contribution in [2.75, 3.05) is 19.3 Å². The largest absolute Gasteiger partial charge is 0.213 e. The van der Waals surface area contributed by atoms with Crippen molar-refractivity contribution in [2.45, 2.75) is 34.1 Å². The molecule has 0 amide bonds. The van der Waals surface area contributed by atoms with Crippen molar-refractivity contribution in [3.8, 4) is 0 Å². The molecule has 0 radical (unpaired) electrons. The Balaban J connectivity index is 2.73. The Labute approximate surface area is 93.9 Å². The zero-order chi connectivity index (χ0) is 11.9. The fourth-order valence-electron chi connectivity index (χ4n) is 2.11. The first-order valence-electron chi connectivity index (χ1n) is 5.61. The maximum absolute atomic E-state index is 11.4. The first kappa shape index (κ1) is 13.0. The predicted octanol–water partition coefficient (Wildman–Crippen LogP) is 1.95. The highest BCUT2D eigenvalue weighted by atomic mass is 32.2. The number of hydrogen-bond acceptors (Lipinski definition) is 2. The molecule has 0 spiro atoms. The number of hydrogen-bond donors (Lipinski definition) is 0. The molecule has 0 aliphatic carbocycles. The Morgan fingerprint density at radius 3 is 2.20 bits per heavy atom. The van der Waals surface area contributed by atoms with Crippen LogP contribution in [0.5, 0.6) is 0 Å². The Hall–Kier alpha value is -0.0900. The fourth-order valence-corrected chi connectivity index (χ4v) is 3.00. The summed E-state index contributed by atoms with van der Waals surface area (Å²) in [6.07, 6.45) is 2.30. The standard InChI is InChI=1S/C11H23NO2S/c1-9(2)11(3,4)10-6-7-12(8-10)15(5,13)14/h9-10H,6-8H2,1-5H3. The van der Waals surface area contributed by atoms with Gasteiger partial charge in [0.1, 0.15) is 0 Å². The second-order valence-corrected chi connectivity index (χ2v) is 7.57. The van der Waals surface area contributed by atoms with Gasteiger partial charge in [0.05, 0.1) is 6.26 Å². The van der Waals surface area contributed by atoms with E-state index in [0.29, 0.717) is 24.9 Å². The van der Waals surface area contributed by atoms with Crippen LogP contribution >= 0.6 is 0 Å². The van der Waals surface area contributed by atoms with Crippen LogP contribution in [-0.4, -0.2) is 32.1 Å². The van der Waals surface area contributed by atoms with Gasteiger partial charge < -0.3 is 0 Å². The van der Waals surface area contributed by atoms with Crippen LogP contribution in [0.15, 0.2) is 0 Å². The number of sulfonamides is 1. The van der Waals surface area contributed by atoms with Crippen LogP contribution in [0.3, 0.4) is 0 Å². The van der Waals surface area contributed by atoms with E-state index in [1.54, 1.807) is 4.31 Å². The van der Waals surface area contributed by atoms with Crippen molar-refractivity contribution in [3.63, 3.8) is 0 Å². The van der Waals surface area contributed by atoms with E-state index in [1.165, 1.54) is 6.26 Å². The summed E-state index contributed by atoms with van der Waals surface area (Å²) in [5.41, 5.74) is 0.222. The zero-order valence-corrected chi connectivity index (χ0v) is 11.3. The second-order valence-electron chi connectivity index (χ2n) is 5.58. The first-order valence-corrected chi connectivity index (χ1v) is 7.45. The fraction of sp³-hybridized carbons (Fsp3) is 1.00. The van der Waals surface area contributed by atoms with Gasteiger partial charge in [0.2, 0.25) is 10.0 Å². The van der Waals surface area contributed by atoms with E-state index >= 15 is 0 Å². The third-order valence-electron chi connectivity index (χ3n) is 4.16. The van der Waals surface area contributed by atoms with E-state index in [-0.39, 0.29) is 5.41 Å². The molecule has 1 atom stereocenters. The van der Waals surface area contributed by atoms with Crippen LogP contribution in [0.25, 0.3) is 0 Å². The molecule has 15 heavy (non-hydrogen) atoms. The summed E-state index contributed by atoms with van der Waals surface area (Å²) in [5.74, 6) is 1.08. The molecule has 3 nitrogen and oxygen atoms in total. The SMILES string of the molecule is CC(C)C(C)(C)C1CCN(S(C)(=O)=O)C1. The van der Waals surface area contributed by atoms with Crippen LogP contribution in [0.2, 0.25) is 0 Å². The molecule has 1 aliphatic heterocycles. The third-order valence-corrected chi connectivity index (χ3v) is 5.43. The molecule has 0 bridgehead atoms. The van der Waals surface area contributed by atoms with Crippen molar-refractivity contribution in [1.29, 1.82) is 0 Å². The lowest BCUT2D eigenvalue weighted by molar-refractivity contribution is 0.147. The average Bonchev–Trinajstić information content (AvgIpc) is 2.50. The highest BCUT2D eigenvalue weighted by molar-refractivity contribution is 7.88. The van der Waals surface area contributed by atoms with Crippen LogP contribution in [0.4, 0.5) is 0 Å². The van der Waals surface area contributed by atoms with Crippen molar-refractivity contribution >= 4 is 10.0 Å². The van der Waals surface area contributed by atoms with Crippen molar-refractivity contribution in [2.24, 2.45) is 17.3 Å². The Morgan fingerprint density at radius 1 is 1.33 bits per heavy atom. The van der Waals surface area contributed by atoms with E-state index in [4.69, 9.17) is 0 Å². The van der Waals surface area contributed by atoms with Gasteiger partial charge in [-0.1, -0.05) is 27.7 Å². The summed E-state index contributed by atoms with van der Waals surface area (Å²) in [4.78, 5) is 0. The van der Waals surface area contributed by atoms with Crippen LogP contribution in [-0.2, 0) is 10.0 Å². The van der Waals surface area contributed by atoms with Crippen molar-refractivity contribution < 1.29 is 8.42 Å². The maximum Gasteiger partial charge on any atom is 0.211 e. The molecule has 1 saturated heterocycles. The van der Waals surface area contributed by atoms with E-state index < -0.39 is 10.0 Å². The van der Waals surface area contributed by atoms with Crippen LogP contribution < -0.4 is 0 Å². The molecule has 0 aromatic heterocycles. The Kier molecular flexibility index (Phi) is 3.51. The van der Waals surface area contributed by atoms with E-state index in [2.05, 4.69) is 27.7 Å². The number of nitrogens with zero attached hydrogens (tertiary/aromatic N) is 1. The van der Waals surface area contributed by atoms with Gasteiger partial charge in [0.25, 0.3) is 0 Å². The maximum atomic E-state index is 11.4. The van der Waals surface area contributed by atoms with Gasteiger partial charge in [-0.15, -0.1) is 0 Å². The predicted molar refractivity (Wildman–Crippen MR) is 63.1 cm³/mol. The molecule has 0 aromatic carbocycles. The summed E-state index contributed by atoms with van der Waals surface area (Å²) in [6.45, 7) is 10.3. The van der Waals surface area contributed by atoms with Crippen LogP contribution in [0.1, 0.15) is 34.1 Å². The van der Waals surface area contributed by atoms with E-state index in [9.17, 15) is 8.42 Å².